The van der Waals surface area contributed by atoms with Gasteiger partial charge in [0.15, 0.2) is 11.5 Å². The minimum Gasteiger partial charge on any atom is -0.493 e. The molecule has 4 nitrogen and oxygen atoms in total. The number of halogens is 1. The second-order valence-electron chi connectivity index (χ2n) is 4.53. The molecule has 2 aromatic carbocycles. The molecule has 0 unspecified atom stereocenters. The number of hydrogen-bond acceptors (Lipinski definition) is 3. The van der Waals surface area contributed by atoms with Crippen molar-refractivity contribution in [3.63, 3.8) is 0 Å². The summed E-state index contributed by atoms with van der Waals surface area (Å²) in [6, 6.07) is 11.3. The Bertz CT molecular complexity index is 681. The summed E-state index contributed by atoms with van der Waals surface area (Å²) >= 11 is 0. The average molecular weight is 301 g/mol. The van der Waals surface area contributed by atoms with Crippen molar-refractivity contribution < 1.29 is 18.7 Å². The molecule has 2 aromatic rings. The van der Waals surface area contributed by atoms with Crippen molar-refractivity contribution in [1.82, 2.24) is 0 Å². The van der Waals surface area contributed by atoms with Gasteiger partial charge in [0.05, 0.1) is 7.11 Å². The molecule has 0 saturated carbocycles. The molecule has 0 aliphatic rings. The lowest BCUT2D eigenvalue weighted by molar-refractivity contribution is -0.113. The number of carbonyl (C=O) groups is 1. The number of methoxy groups -OCH3 is 1. The third-order valence-electron chi connectivity index (χ3n) is 2.95. The molecule has 22 heavy (non-hydrogen) atoms. The lowest BCUT2D eigenvalue weighted by Crippen LogP contribution is -2.05. The zero-order chi connectivity index (χ0) is 15.9. The highest BCUT2D eigenvalue weighted by Gasteiger charge is 2.09. The van der Waals surface area contributed by atoms with Crippen LogP contribution in [0, 0.1) is 5.82 Å². The zero-order valence-corrected chi connectivity index (χ0v) is 12.1. The molecular weight excluding hydrogens is 285 g/mol. The van der Waals surface area contributed by atoms with Crippen LogP contribution in [0.15, 0.2) is 48.5 Å². The summed E-state index contributed by atoms with van der Waals surface area (Å²) in [6.45, 7) is 0.248. The number of nitrogens with two attached hydrogens (primary N) is 1. The Kier molecular flexibility index (Phi) is 5.14. The van der Waals surface area contributed by atoms with E-state index in [0.29, 0.717) is 17.1 Å². The van der Waals surface area contributed by atoms with Gasteiger partial charge in [0, 0.05) is 11.6 Å². The third-order valence-corrected chi connectivity index (χ3v) is 2.95. The van der Waals surface area contributed by atoms with E-state index in [0.717, 1.165) is 5.56 Å². The van der Waals surface area contributed by atoms with E-state index in [9.17, 15) is 9.18 Å². The lowest BCUT2D eigenvalue weighted by Gasteiger charge is -2.13. The van der Waals surface area contributed by atoms with Crippen LogP contribution in [0.1, 0.15) is 11.1 Å². The summed E-state index contributed by atoms with van der Waals surface area (Å²) < 4.78 is 23.9. The van der Waals surface area contributed by atoms with E-state index >= 15 is 0 Å². The normalized spacial score (nSPS) is 10.6. The Balaban J connectivity index is 2.23. The fourth-order valence-electron chi connectivity index (χ4n) is 1.89. The summed E-state index contributed by atoms with van der Waals surface area (Å²) in [7, 11) is 1.53. The predicted octanol–water partition coefficient (Wildman–Crippen LogP) is 2.91. The summed E-state index contributed by atoms with van der Waals surface area (Å²) in [5, 5.41) is 0. The second-order valence-corrected chi connectivity index (χ2v) is 4.53. The van der Waals surface area contributed by atoms with E-state index < -0.39 is 5.91 Å². The van der Waals surface area contributed by atoms with Gasteiger partial charge in [-0.3, -0.25) is 4.79 Å². The van der Waals surface area contributed by atoms with Crippen LogP contribution in [0.5, 0.6) is 11.5 Å². The Labute approximate surface area is 128 Å². The third kappa shape index (κ3) is 4.09. The largest absolute Gasteiger partial charge is 0.493 e. The number of primary amides is 1. The Morgan fingerprint density at radius 3 is 2.59 bits per heavy atom. The fourth-order valence-corrected chi connectivity index (χ4v) is 1.89. The molecule has 0 atom stereocenters. The van der Waals surface area contributed by atoms with Crippen molar-refractivity contribution in [2.75, 3.05) is 7.11 Å². The SMILES string of the molecule is COc1cccc(/C=C/C(N)=O)c1OCc1ccc(F)cc1. The van der Waals surface area contributed by atoms with Crippen molar-refractivity contribution in [1.29, 1.82) is 0 Å². The Morgan fingerprint density at radius 2 is 1.95 bits per heavy atom. The van der Waals surface area contributed by atoms with Crippen LogP contribution in [0.25, 0.3) is 6.08 Å². The first-order chi connectivity index (χ1) is 10.6. The Morgan fingerprint density at radius 1 is 1.23 bits per heavy atom. The topological polar surface area (TPSA) is 61.5 Å². The van der Waals surface area contributed by atoms with E-state index in [1.165, 1.54) is 25.3 Å². The number of amides is 1. The predicted molar refractivity (Wildman–Crippen MR) is 82.0 cm³/mol. The van der Waals surface area contributed by atoms with E-state index in [2.05, 4.69) is 0 Å². The maximum atomic E-state index is 12.9. The van der Waals surface area contributed by atoms with Crippen molar-refractivity contribution in [2.45, 2.75) is 6.61 Å². The van der Waals surface area contributed by atoms with E-state index in [1.807, 2.05) is 0 Å². The number of para-hydroxylation sites is 1. The lowest BCUT2D eigenvalue weighted by atomic mass is 10.1. The van der Waals surface area contributed by atoms with Gasteiger partial charge >= 0.3 is 0 Å². The van der Waals surface area contributed by atoms with E-state index in [4.69, 9.17) is 15.2 Å². The van der Waals surface area contributed by atoms with Gasteiger partial charge in [0.2, 0.25) is 5.91 Å². The van der Waals surface area contributed by atoms with Gasteiger partial charge in [-0.25, -0.2) is 4.39 Å². The number of rotatable bonds is 6. The minimum atomic E-state index is -0.549. The zero-order valence-electron chi connectivity index (χ0n) is 12.1. The van der Waals surface area contributed by atoms with E-state index in [1.54, 1.807) is 36.4 Å². The number of carbonyl (C=O) groups excluding carboxylic acids is 1. The van der Waals surface area contributed by atoms with Crippen LogP contribution in [0.4, 0.5) is 4.39 Å². The molecule has 0 saturated heterocycles. The van der Waals surface area contributed by atoms with Crippen molar-refractivity contribution in [3.8, 4) is 11.5 Å². The smallest absolute Gasteiger partial charge is 0.241 e. The molecule has 0 heterocycles. The van der Waals surface area contributed by atoms with Crippen LogP contribution >= 0.6 is 0 Å². The first kappa shape index (κ1) is 15.6. The summed E-state index contributed by atoms with van der Waals surface area (Å²) in [5.41, 5.74) is 6.59. The van der Waals surface area contributed by atoms with Crippen LogP contribution < -0.4 is 15.2 Å². The van der Waals surface area contributed by atoms with E-state index in [-0.39, 0.29) is 12.4 Å². The highest BCUT2D eigenvalue weighted by atomic mass is 19.1. The van der Waals surface area contributed by atoms with Crippen LogP contribution in [-0.4, -0.2) is 13.0 Å². The van der Waals surface area contributed by atoms with Crippen LogP contribution in [-0.2, 0) is 11.4 Å². The van der Waals surface area contributed by atoms with Crippen molar-refractivity contribution >= 4 is 12.0 Å². The molecule has 114 valence electrons. The summed E-state index contributed by atoms with van der Waals surface area (Å²) in [5.74, 6) is 0.180. The molecule has 0 fully saturated rings. The number of hydrogen-bond donors (Lipinski definition) is 1. The molecule has 0 aliphatic heterocycles. The molecular formula is C17H16FNO3. The standard InChI is InChI=1S/C17H16FNO3/c1-21-15-4-2-3-13(7-10-16(19)20)17(15)22-11-12-5-8-14(18)9-6-12/h2-10H,11H2,1H3,(H2,19,20)/b10-7+. The van der Waals surface area contributed by atoms with Crippen molar-refractivity contribution in [3.05, 3.63) is 65.5 Å². The first-order valence-corrected chi connectivity index (χ1v) is 6.62. The minimum absolute atomic E-state index is 0.248. The maximum Gasteiger partial charge on any atom is 0.241 e. The molecule has 0 spiro atoms. The van der Waals surface area contributed by atoms with Gasteiger partial charge in [-0.15, -0.1) is 0 Å². The molecule has 0 aliphatic carbocycles. The summed E-state index contributed by atoms with van der Waals surface area (Å²) in [4.78, 5) is 10.9. The van der Waals surface area contributed by atoms with Gasteiger partial charge in [0.25, 0.3) is 0 Å². The Hall–Kier alpha value is -2.82. The van der Waals surface area contributed by atoms with Crippen LogP contribution in [0.3, 0.4) is 0 Å². The monoisotopic (exact) mass is 301 g/mol. The number of benzene rings is 2. The number of ether oxygens (including phenoxy) is 2. The molecule has 0 radical (unpaired) electrons. The van der Waals surface area contributed by atoms with Gasteiger partial charge in [-0.2, -0.15) is 0 Å². The molecule has 0 aromatic heterocycles. The molecule has 1 amide bonds. The van der Waals surface area contributed by atoms with Gasteiger partial charge in [-0.05, 0) is 29.8 Å². The second kappa shape index (κ2) is 7.26. The average Bonchev–Trinajstić information content (AvgIpc) is 2.52. The van der Waals surface area contributed by atoms with Crippen molar-refractivity contribution in [2.24, 2.45) is 5.73 Å². The van der Waals surface area contributed by atoms with Gasteiger partial charge in [0.1, 0.15) is 12.4 Å². The highest BCUT2D eigenvalue weighted by Crippen LogP contribution is 2.32. The van der Waals surface area contributed by atoms with Gasteiger partial charge in [-0.1, -0.05) is 24.3 Å². The molecule has 2 N–H and O–H groups in total. The molecule has 2 rings (SSSR count). The quantitative estimate of drug-likeness (QED) is 0.834. The summed E-state index contributed by atoms with van der Waals surface area (Å²) in [6.07, 6.45) is 2.81. The maximum absolute atomic E-state index is 12.9. The molecule has 0 bridgehead atoms. The van der Waals surface area contributed by atoms with Gasteiger partial charge < -0.3 is 15.2 Å². The van der Waals surface area contributed by atoms with Crippen LogP contribution in [0.2, 0.25) is 0 Å². The fraction of sp³-hybridized carbons (Fsp3) is 0.118. The first-order valence-electron chi connectivity index (χ1n) is 6.62. The highest BCUT2D eigenvalue weighted by molar-refractivity contribution is 5.90. The molecule has 5 heteroatoms.